The third-order valence-electron chi connectivity index (χ3n) is 0.955. The first kappa shape index (κ1) is 8.68. The first-order valence-electron chi connectivity index (χ1n) is 2.59. The number of rotatable bonds is 0. The lowest BCUT2D eigenvalue weighted by atomic mass is 10.4. The molecule has 0 aliphatic heterocycles. The van der Waals surface area contributed by atoms with Crippen molar-refractivity contribution in [1.29, 1.82) is 0 Å². The van der Waals surface area contributed by atoms with Crippen molar-refractivity contribution < 1.29 is 0 Å². The largest absolute Gasteiger partial charge is 0.258 e. The van der Waals surface area contributed by atoms with Crippen LogP contribution in [0.3, 0.4) is 0 Å². The molecule has 0 aromatic carbocycles. The average Bonchev–Trinajstić information content (AvgIpc) is 1.88. The molecule has 54 valence electrons. The van der Waals surface area contributed by atoms with Gasteiger partial charge in [0.15, 0.2) is 2.14 Å². The maximum atomic E-state index is 4.11. The van der Waals surface area contributed by atoms with Crippen LogP contribution in [0.2, 0.25) is 0 Å². The third-order valence-corrected chi connectivity index (χ3v) is 2.17. The minimum absolute atomic E-state index is 0.381. The number of pyridine rings is 1. The van der Waals surface area contributed by atoms with E-state index in [9.17, 15) is 0 Å². The van der Waals surface area contributed by atoms with Gasteiger partial charge in [-0.25, -0.2) is 0 Å². The van der Waals surface area contributed by atoms with Gasteiger partial charge in [-0.1, -0.05) is 53.9 Å². The smallest absolute Gasteiger partial charge is 0.176 e. The van der Waals surface area contributed by atoms with Crippen LogP contribution in [0, 0.1) is 0 Å². The SMILES string of the molecule is BrC(Br)(Br)c1ccccn1. The first-order valence-corrected chi connectivity index (χ1v) is 4.97. The van der Waals surface area contributed by atoms with E-state index in [0.29, 0.717) is 0 Å². The number of halogens is 3. The van der Waals surface area contributed by atoms with E-state index in [-0.39, 0.29) is 2.14 Å². The molecular formula is C6H4Br3N. The molecule has 1 rings (SSSR count). The molecule has 1 nitrogen and oxygen atoms in total. The highest BCUT2D eigenvalue weighted by Gasteiger charge is 2.21. The zero-order valence-electron chi connectivity index (χ0n) is 4.89. The summed E-state index contributed by atoms with van der Waals surface area (Å²) in [5.74, 6) is 0. The summed E-state index contributed by atoms with van der Waals surface area (Å²) < 4.78 is -0.381. The fourth-order valence-electron chi connectivity index (χ4n) is 0.530. The second-order valence-electron chi connectivity index (χ2n) is 1.71. The summed E-state index contributed by atoms with van der Waals surface area (Å²) in [4.78, 5) is 4.11. The zero-order valence-corrected chi connectivity index (χ0v) is 9.65. The summed E-state index contributed by atoms with van der Waals surface area (Å²) in [6.07, 6.45) is 1.74. The predicted octanol–water partition coefficient (Wildman–Crippen LogP) is 3.38. The van der Waals surface area contributed by atoms with E-state index in [2.05, 4.69) is 52.8 Å². The lowest BCUT2D eigenvalue weighted by Crippen LogP contribution is -1.99. The molecule has 1 heterocycles. The van der Waals surface area contributed by atoms with Crippen molar-refractivity contribution in [2.75, 3.05) is 0 Å². The first-order chi connectivity index (χ1) is 4.61. The van der Waals surface area contributed by atoms with Gasteiger partial charge in [-0.3, -0.25) is 4.98 Å². The number of aromatic nitrogens is 1. The van der Waals surface area contributed by atoms with Crippen LogP contribution >= 0.6 is 47.8 Å². The second-order valence-corrected chi connectivity index (χ2v) is 8.47. The van der Waals surface area contributed by atoms with Crippen LogP contribution in [0.1, 0.15) is 5.69 Å². The normalized spacial score (nSPS) is 11.5. The van der Waals surface area contributed by atoms with Crippen molar-refractivity contribution in [1.82, 2.24) is 4.98 Å². The van der Waals surface area contributed by atoms with Gasteiger partial charge in [0.05, 0.1) is 5.69 Å². The Balaban J connectivity index is 2.97. The van der Waals surface area contributed by atoms with Crippen molar-refractivity contribution >= 4 is 47.8 Å². The van der Waals surface area contributed by atoms with Crippen molar-refractivity contribution in [2.45, 2.75) is 2.14 Å². The minimum Gasteiger partial charge on any atom is -0.258 e. The Morgan fingerprint density at radius 2 is 1.90 bits per heavy atom. The van der Waals surface area contributed by atoms with Crippen molar-refractivity contribution in [3.63, 3.8) is 0 Å². The average molecular weight is 330 g/mol. The van der Waals surface area contributed by atoms with Gasteiger partial charge in [-0.2, -0.15) is 0 Å². The number of hydrogen-bond acceptors (Lipinski definition) is 1. The number of hydrogen-bond donors (Lipinski definition) is 0. The molecule has 0 unspecified atom stereocenters. The van der Waals surface area contributed by atoms with Gasteiger partial charge < -0.3 is 0 Å². The van der Waals surface area contributed by atoms with Crippen LogP contribution in [0.5, 0.6) is 0 Å². The Bertz CT molecular complexity index is 204. The molecule has 1 aromatic rings. The molecule has 0 bridgehead atoms. The molecule has 4 heteroatoms. The minimum atomic E-state index is -0.381. The monoisotopic (exact) mass is 327 g/mol. The summed E-state index contributed by atoms with van der Waals surface area (Å²) in [7, 11) is 0. The molecule has 0 radical (unpaired) electrons. The standard InChI is InChI=1S/C6H4Br3N/c7-6(8,9)5-3-1-2-4-10-5/h1-4H. The van der Waals surface area contributed by atoms with Crippen LogP contribution < -0.4 is 0 Å². The number of alkyl halides is 3. The Kier molecular flexibility index (Phi) is 2.89. The fourth-order valence-corrected chi connectivity index (χ4v) is 1.23. The molecule has 0 aliphatic rings. The lowest BCUT2D eigenvalue weighted by Gasteiger charge is -2.09. The van der Waals surface area contributed by atoms with Gasteiger partial charge in [0.2, 0.25) is 0 Å². The van der Waals surface area contributed by atoms with Crippen molar-refractivity contribution in [2.24, 2.45) is 0 Å². The summed E-state index contributed by atoms with van der Waals surface area (Å²) >= 11 is 10.1. The van der Waals surface area contributed by atoms with Gasteiger partial charge in [-0.05, 0) is 12.1 Å². The van der Waals surface area contributed by atoms with Gasteiger partial charge in [-0.15, -0.1) is 0 Å². The molecule has 0 aliphatic carbocycles. The summed E-state index contributed by atoms with van der Waals surface area (Å²) in [5.41, 5.74) is 0.898. The van der Waals surface area contributed by atoms with Gasteiger partial charge in [0.1, 0.15) is 0 Å². The summed E-state index contributed by atoms with van der Waals surface area (Å²) in [6.45, 7) is 0. The highest BCUT2D eigenvalue weighted by Crippen LogP contribution is 2.42. The van der Waals surface area contributed by atoms with E-state index >= 15 is 0 Å². The number of nitrogens with zero attached hydrogens (tertiary/aromatic N) is 1. The van der Waals surface area contributed by atoms with Crippen LogP contribution in [0.4, 0.5) is 0 Å². The van der Waals surface area contributed by atoms with E-state index in [0.717, 1.165) is 5.69 Å². The fraction of sp³-hybridized carbons (Fsp3) is 0.167. The Hall–Kier alpha value is 0.590. The quantitative estimate of drug-likeness (QED) is 0.665. The van der Waals surface area contributed by atoms with Crippen LogP contribution in [-0.4, -0.2) is 4.98 Å². The van der Waals surface area contributed by atoms with Crippen molar-refractivity contribution in [3.05, 3.63) is 30.1 Å². The highest BCUT2D eigenvalue weighted by atomic mass is 80.0. The zero-order chi connectivity index (χ0) is 7.61. The maximum Gasteiger partial charge on any atom is 0.176 e. The van der Waals surface area contributed by atoms with E-state index in [1.807, 2.05) is 18.2 Å². The van der Waals surface area contributed by atoms with E-state index in [1.54, 1.807) is 6.20 Å². The van der Waals surface area contributed by atoms with Crippen LogP contribution in [-0.2, 0) is 2.14 Å². The molecule has 0 spiro atoms. The molecule has 0 N–H and O–H groups in total. The third kappa shape index (κ3) is 2.32. The summed E-state index contributed by atoms with van der Waals surface area (Å²) in [6, 6.07) is 5.72. The second kappa shape index (κ2) is 3.32. The summed E-state index contributed by atoms with van der Waals surface area (Å²) in [5, 5.41) is 0. The molecular weight excluding hydrogens is 326 g/mol. The van der Waals surface area contributed by atoms with E-state index < -0.39 is 0 Å². The molecule has 0 fully saturated rings. The molecule has 0 amide bonds. The van der Waals surface area contributed by atoms with Crippen LogP contribution in [0.25, 0.3) is 0 Å². The predicted molar refractivity (Wildman–Crippen MR) is 52.7 cm³/mol. The van der Waals surface area contributed by atoms with Gasteiger partial charge in [0.25, 0.3) is 0 Å². The molecule has 10 heavy (non-hydrogen) atoms. The van der Waals surface area contributed by atoms with Gasteiger partial charge >= 0.3 is 0 Å². The highest BCUT2D eigenvalue weighted by molar-refractivity contribution is 9.38. The van der Waals surface area contributed by atoms with Crippen LogP contribution in [0.15, 0.2) is 24.4 Å². The van der Waals surface area contributed by atoms with Crippen molar-refractivity contribution in [3.8, 4) is 0 Å². The van der Waals surface area contributed by atoms with E-state index in [1.165, 1.54) is 0 Å². The molecule has 1 aromatic heterocycles. The van der Waals surface area contributed by atoms with E-state index in [4.69, 9.17) is 0 Å². The molecule has 0 saturated heterocycles. The van der Waals surface area contributed by atoms with Gasteiger partial charge in [0, 0.05) is 6.20 Å². The maximum absolute atomic E-state index is 4.11. The Labute approximate surface area is 84.6 Å². The molecule has 0 saturated carbocycles. The Morgan fingerprint density at radius 1 is 1.20 bits per heavy atom. The Morgan fingerprint density at radius 3 is 2.20 bits per heavy atom. The topological polar surface area (TPSA) is 12.9 Å². The lowest BCUT2D eigenvalue weighted by molar-refractivity contribution is 1.15. The molecule has 0 atom stereocenters.